The Labute approximate surface area is 211 Å². The standard InChI is InChI=1S/C31H30N2O3/c1-36-30(34)19-21-7-9-22(10-8-21)23-11-13-24(14-12-23)25-15-16-27-28(17-18-32-29(27)20-25)31(35)33-26-5-3-2-4-6-26/h2-6,11-18,20-22H,7-10,19H2,1H3,(H,33,35). The van der Waals surface area contributed by atoms with Crippen LogP contribution in [0.2, 0.25) is 0 Å². The zero-order chi connectivity index (χ0) is 24.9. The Balaban J connectivity index is 1.29. The Hall–Kier alpha value is -3.99. The molecule has 36 heavy (non-hydrogen) atoms. The predicted octanol–water partition coefficient (Wildman–Crippen LogP) is 6.99. The number of pyridine rings is 1. The Morgan fingerprint density at radius 1 is 0.889 bits per heavy atom. The third-order valence-corrected chi connectivity index (χ3v) is 7.26. The average Bonchev–Trinajstić information content (AvgIpc) is 2.93. The summed E-state index contributed by atoms with van der Waals surface area (Å²) in [4.78, 5) is 29.0. The number of para-hydroxylation sites is 1. The van der Waals surface area contributed by atoms with Crippen molar-refractivity contribution in [3.05, 3.63) is 96.2 Å². The van der Waals surface area contributed by atoms with Crippen LogP contribution in [0.1, 0.15) is 53.9 Å². The van der Waals surface area contributed by atoms with Gasteiger partial charge >= 0.3 is 5.97 Å². The maximum atomic E-state index is 12.9. The molecule has 1 aliphatic carbocycles. The summed E-state index contributed by atoms with van der Waals surface area (Å²) in [6.45, 7) is 0. The molecular weight excluding hydrogens is 448 g/mol. The number of carbonyl (C=O) groups is 2. The van der Waals surface area contributed by atoms with E-state index < -0.39 is 0 Å². The number of hydrogen-bond donors (Lipinski definition) is 1. The number of aromatic nitrogens is 1. The monoisotopic (exact) mass is 478 g/mol. The van der Waals surface area contributed by atoms with Crippen molar-refractivity contribution in [2.24, 2.45) is 5.92 Å². The lowest BCUT2D eigenvalue weighted by Crippen LogP contribution is -2.17. The normalized spacial score (nSPS) is 17.5. The second-order valence-electron chi connectivity index (χ2n) is 9.53. The zero-order valence-corrected chi connectivity index (χ0v) is 20.4. The number of rotatable bonds is 6. The smallest absolute Gasteiger partial charge is 0.305 e. The van der Waals surface area contributed by atoms with E-state index in [1.807, 2.05) is 42.5 Å². The maximum Gasteiger partial charge on any atom is 0.305 e. The van der Waals surface area contributed by atoms with Gasteiger partial charge in [-0.1, -0.05) is 54.6 Å². The lowest BCUT2D eigenvalue weighted by Gasteiger charge is -2.28. The van der Waals surface area contributed by atoms with Crippen LogP contribution in [0.25, 0.3) is 22.0 Å². The molecule has 0 unspecified atom stereocenters. The van der Waals surface area contributed by atoms with Gasteiger partial charge in [0.25, 0.3) is 5.91 Å². The van der Waals surface area contributed by atoms with E-state index in [2.05, 4.69) is 40.6 Å². The zero-order valence-electron chi connectivity index (χ0n) is 20.4. The largest absolute Gasteiger partial charge is 0.469 e. The summed E-state index contributed by atoms with van der Waals surface area (Å²) in [6, 6.07) is 26.1. The molecule has 1 fully saturated rings. The molecule has 182 valence electrons. The van der Waals surface area contributed by atoms with Gasteiger partial charge in [-0.15, -0.1) is 0 Å². The van der Waals surface area contributed by atoms with Crippen LogP contribution in [0.4, 0.5) is 5.69 Å². The van der Waals surface area contributed by atoms with Crippen molar-refractivity contribution in [3.63, 3.8) is 0 Å². The molecule has 5 rings (SSSR count). The summed E-state index contributed by atoms with van der Waals surface area (Å²) in [6.07, 6.45) is 6.57. The highest BCUT2D eigenvalue weighted by Gasteiger charge is 2.24. The predicted molar refractivity (Wildman–Crippen MR) is 143 cm³/mol. The summed E-state index contributed by atoms with van der Waals surface area (Å²) in [5.74, 6) is 0.735. The number of methoxy groups -OCH3 is 1. The lowest BCUT2D eigenvalue weighted by atomic mass is 9.77. The Morgan fingerprint density at radius 2 is 1.61 bits per heavy atom. The van der Waals surface area contributed by atoms with Crippen molar-refractivity contribution in [1.29, 1.82) is 0 Å². The highest BCUT2D eigenvalue weighted by molar-refractivity contribution is 6.12. The number of amides is 1. The number of esters is 1. The van der Waals surface area contributed by atoms with Crippen LogP contribution < -0.4 is 5.32 Å². The van der Waals surface area contributed by atoms with Crippen LogP contribution in [0.5, 0.6) is 0 Å². The van der Waals surface area contributed by atoms with Crippen molar-refractivity contribution in [3.8, 4) is 11.1 Å². The van der Waals surface area contributed by atoms with Gasteiger partial charge in [-0.2, -0.15) is 0 Å². The van der Waals surface area contributed by atoms with E-state index in [0.717, 1.165) is 53.4 Å². The second-order valence-corrected chi connectivity index (χ2v) is 9.53. The molecule has 1 aliphatic rings. The molecule has 0 bridgehead atoms. The second kappa shape index (κ2) is 10.7. The molecule has 0 atom stereocenters. The first-order valence-electron chi connectivity index (χ1n) is 12.5. The number of benzene rings is 3. The van der Waals surface area contributed by atoms with E-state index in [9.17, 15) is 9.59 Å². The highest BCUT2D eigenvalue weighted by Crippen LogP contribution is 2.38. The number of hydrogen-bond acceptors (Lipinski definition) is 4. The Kier molecular flexibility index (Phi) is 7.08. The average molecular weight is 479 g/mol. The molecule has 0 radical (unpaired) electrons. The molecule has 1 amide bonds. The van der Waals surface area contributed by atoms with Crippen molar-refractivity contribution >= 4 is 28.5 Å². The van der Waals surface area contributed by atoms with Gasteiger partial charge in [-0.3, -0.25) is 14.6 Å². The quantitative estimate of drug-likeness (QED) is 0.303. The van der Waals surface area contributed by atoms with E-state index in [0.29, 0.717) is 23.8 Å². The van der Waals surface area contributed by atoms with Gasteiger partial charge in [-0.05, 0) is 78.5 Å². The van der Waals surface area contributed by atoms with Gasteiger partial charge < -0.3 is 10.1 Å². The topological polar surface area (TPSA) is 68.3 Å². The summed E-state index contributed by atoms with van der Waals surface area (Å²) in [5.41, 5.74) is 5.72. The molecule has 0 spiro atoms. The van der Waals surface area contributed by atoms with Gasteiger partial charge in [0.15, 0.2) is 0 Å². The van der Waals surface area contributed by atoms with Crippen molar-refractivity contribution in [1.82, 2.24) is 4.98 Å². The van der Waals surface area contributed by atoms with Gasteiger partial charge in [0.05, 0.1) is 18.2 Å². The minimum absolute atomic E-state index is 0.100. The van der Waals surface area contributed by atoms with Crippen molar-refractivity contribution in [2.75, 3.05) is 12.4 Å². The summed E-state index contributed by atoms with van der Waals surface area (Å²) in [5, 5.41) is 3.79. The summed E-state index contributed by atoms with van der Waals surface area (Å²) < 4.78 is 4.83. The number of fused-ring (bicyclic) bond motifs is 1. The lowest BCUT2D eigenvalue weighted by molar-refractivity contribution is -0.142. The molecule has 0 aliphatic heterocycles. The summed E-state index contributed by atoms with van der Waals surface area (Å²) >= 11 is 0. The number of nitrogens with zero attached hydrogens (tertiary/aromatic N) is 1. The van der Waals surface area contributed by atoms with E-state index in [1.165, 1.54) is 12.7 Å². The Morgan fingerprint density at radius 3 is 2.33 bits per heavy atom. The fourth-order valence-electron chi connectivity index (χ4n) is 5.21. The summed E-state index contributed by atoms with van der Waals surface area (Å²) in [7, 11) is 1.46. The molecular formula is C31H30N2O3. The first-order valence-corrected chi connectivity index (χ1v) is 12.5. The highest BCUT2D eigenvalue weighted by atomic mass is 16.5. The molecule has 4 aromatic rings. The van der Waals surface area contributed by atoms with Crippen LogP contribution in [0.15, 0.2) is 85.1 Å². The van der Waals surface area contributed by atoms with Crippen molar-refractivity contribution < 1.29 is 14.3 Å². The van der Waals surface area contributed by atoms with Gasteiger partial charge in [-0.25, -0.2) is 0 Å². The molecule has 1 saturated carbocycles. The first-order chi connectivity index (χ1) is 17.6. The van der Waals surface area contributed by atoms with Gasteiger partial charge in [0.1, 0.15) is 0 Å². The van der Waals surface area contributed by atoms with E-state index in [-0.39, 0.29) is 11.9 Å². The van der Waals surface area contributed by atoms with Gasteiger partial charge in [0.2, 0.25) is 0 Å². The van der Waals surface area contributed by atoms with Crippen LogP contribution in [-0.4, -0.2) is 24.0 Å². The Bertz CT molecular complexity index is 1360. The molecule has 3 aromatic carbocycles. The minimum atomic E-state index is -0.146. The third-order valence-electron chi connectivity index (χ3n) is 7.26. The van der Waals surface area contributed by atoms with Crippen molar-refractivity contribution in [2.45, 2.75) is 38.0 Å². The van der Waals surface area contributed by atoms with Crippen LogP contribution in [-0.2, 0) is 9.53 Å². The number of nitrogens with one attached hydrogen (secondary N) is 1. The maximum absolute atomic E-state index is 12.9. The molecule has 5 heteroatoms. The van der Waals surface area contributed by atoms with Crippen LogP contribution in [0.3, 0.4) is 0 Å². The van der Waals surface area contributed by atoms with E-state index in [4.69, 9.17) is 4.74 Å². The molecule has 5 nitrogen and oxygen atoms in total. The number of carbonyl (C=O) groups excluding carboxylic acids is 2. The van der Waals surface area contributed by atoms with E-state index in [1.54, 1.807) is 12.3 Å². The first kappa shape index (κ1) is 23.7. The minimum Gasteiger partial charge on any atom is -0.469 e. The molecule has 0 saturated heterocycles. The number of anilines is 1. The molecule has 1 N–H and O–H groups in total. The van der Waals surface area contributed by atoms with Crippen LogP contribution >= 0.6 is 0 Å². The van der Waals surface area contributed by atoms with E-state index >= 15 is 0 Å². The fraction of sp³-hybridized carbons (Fsp3) is 0.258. The SMILES string of the molecule is COC(=O)CC1CCC(c2ccc(-c3ccc4c(C(=O)Nc5ccccc5)ccnc4c3)cc2)CC1. The molecule has 1 heterocycles. The fourth-order valence-corrected chi connectivity index (χ4v) is 5.21. The van der Waals surface area contributed by atoms with Gasteiger partial charge in [0, 0.05) is 23.7 Å². The number of ether oxygens (including phenoxy) is 1. The van der Waals surface area contributed by atoms with Crippen LogP contribution in [0, 0.1) is 5.92 Å². The molecule has 1 aromatic heterocycles. The third kappa shape index (κ3) is 5.30.